The van der Waals surface area contributed by atoms with Gasteiger partial charge in [0, 0.05) is 30.9 Å². The molecule has 1 aliphatic heterocycles. The molecule has 1 atom stereocenters. The molecule has 1 aromatic carbocycles. The van der Waals surface area contributed by atoms with Crippen molar-refractivity contribution in [3.8, 4) is 0 Å². The van der Waals surface area contributed by atoms with E-state index >= 15 is 0 Å². The number of benzene rings is 1. The van der Waals surface area contributed by atoms with Gasteiger partial charge in [-0.1, -0.05) is 13.8 Å². The number of carbonyl (C=O) groups excluding carboxylic acids is 2. The molecule has 1 fully saturated rings. The van der Waals surface area contributed by atoms with Gasteiger partial charge < -0.3 is 20.9 Å². The van der Waals surface area contributed by atoms with E-state index < -0.39 is 0 Å². The minimum atomic E-state index is -0.0833. The van der Waals surface area contributed by atoms with Crippen molar-refractivity contribution >= 4 is 42.3 Å². The highest BCUT2D eigenvalue weighted by Crippen LogP contribution is 2.14. The van der Waals surface area contributed by atoms with Gasteiger partial charge in [0.05, 0.1) is 5.92 Å². The van der Waals surface area contributed by atoms with E-state index in [0.29, 0.717) is 12.1 Å². The topological polar surface area (TPSA) is 73.5 Å². The lowest BCUT2D eigenvalue weighted by Gasteiger charge is -2.18. The van der Waals surface area contributed by atoms with Gasteiger partial charge in [-0.3, -0.25) is 9.59 Å². The zero-order valence-electron chi connectivity index (χ0n) is 15.4. The van der Waals surface area contributed by atoms with Gasteiger partial charge in [-0.2, -0.15) is 0 Å². The standard InChI is InChI=1S/C18H28N4O2.2ClH/c1-3-22(4-2)12-11-20-17(23)14-5-7-16(8-6-14)21-18(24)15-9-10-19-13-15;;/h5-8,15,19H,3-4,9-13H2,1-2H3,(H,20,23)(H,21,24);2*1H. The lowest BCUT2D eigenvalue weighted by molar-refractivity contribution is -0.119. The summed E-state index contributed by atoms with van der Waals surface area (Å²) in [4.78, 5) is 26.4. The first-order chi connectivity index (χ1) is 11.6. The summed E-state index contributed by atoms with van der Waals surface area (Å²) in [5.74, 6) is -0.00972. The minimum absolute atomic E-state index is 0. The summed E-state index contributed by atoms with van der Waals surface area (Å²) >= 11 is 0. The van der Waals surface area contributed by atoms with E-state index in [0.717, 1.165) is 44.8 Å². The minimum Gasteiger partial charge on any atom is -0.351 e. The predicted molar refractivity (Wildman–Crippen MR) is 111 cm³/mol. The molecule has 6 nitrogen and oxygen atoms in total. The Kier molecular flexibility index (Phi) is 12.3. The van der Waals surface area contributed by atoms with Crippen LogP contribution in [0.5, 0.6) is 0 Å². The number of amides is 2. The molecule has 0 spiro atoms. The molecular weight excluding hydrogens is 375 g/mol. The number of nitrogens with one attached hydrogen (secondary N) is 3. The Morgan fingerprint density at radius 1 is 1.15 bits per heavy atom. The third-order valence-corrected chi connectivity index (χ3v) is 4.45. The molecule has 1 aliphatic rings. The molecule has 26 heavy (non-hydrogen) atoms. The monoisotopic (exact) mass is 404 g/mol. The van der Waals surface area contributed by atoms with Gasteiger partial charge in [0.2, 0.25) is 5.91 Å². The van der Waals surface area contributed by atoms with Gasteiger partial charge in [0.15, 0.2) is 0 Å². The quantitative estimate of drug-likeness (QED) is 0.620. The molecule has 1 saturated heterocycles. The van der Waals surface area contributed by atoms with Crippen molar-refractivity contribution < 1.29 is 9.59 Å². The highest BCUT2D eigenvalue weighted by Gasteiger charge is 2.22. The molecule has 1 heterocycles. The Morgan fingerprint density at radius 3 is 2.35 bits per heavy atom. The van der Waals surface area contributed by atoms with Gasteiger partial charge in [0.25, 0.3) is 5.91 Å². The summed E-state index contributed by atoms with van der Waals surface area (Å²) < 4.78 is 0. The fourth-order valence-corrected chi connectivity index (χ4v) is 2.80. The van der Waals surface area contributed by atoms with Crippen LogP contribution < -0.4 is 16.0 Å². The van der Waals surface area contributed by atoms with E-state index in [1.54, 1.807) is 24.3 Å². The van der Waals surface area contributed by atoms with Crippen LogP contribution in [0.4, 0.5) is 5.69 Å². The number of nitrogens with zero attached hydrogens (tertiary/aromatic N) is 1. The van der Waals surface area contributed by atoms with Crippen LogP contribution in [0, 0.1) is 5.92 Å². The summed E-state index contributed by atoms with van der Waals surface area (Å²) in [5.41, 5.74) is 1.33. The Balaban J connectivity index is 0.00000312. The molecule has 3 N–H and O–H groups in total. The van der Waals surface area contributed by atoms with E-state index in [9.17, 15) is 9.59 Å². The number of hydrogen-bond acceptors (Lipinski definition) is 4. The zero-order valence-corrected chi connectivity index (χ0v) is 17.0. The van der Waals surface area contributed by atoms with Crippen molar-refractivity contribution in [2.45, 2.75) is 20.3 Å². The molecule has 0 aliphatic carbocycles. The molecule has 0 radical (unpaired) electrons. The first-order valence-electron chi connectivity index (χ1n) is 8.76. The lowest BCUT2D eigenvalue weighted by Crippen LogP contribution is -2.34. The van der Waals surface area contributed by atoms with Crippen LogP contribution in [-0.2, 0) is 4.79 Å². The third-order valence-electron chi connectivity index (χ3n) is 4.45. The van der Waals surface area contributed by atoms with Gasteiger partial charge in [-0.05, 0) is 50.3 Å². The lowest BCUT2D eigenvalue weighted by atomic mass is 10.1. The van der Waals surface area contributed by atoms with Crippen molar-refractivity contribution in [1.82, 2.24) is 15.5 Å². The Hall–Kier alpha value is -1.34. The average molecular weight is 405 g/mol. The van der Waals surface area contributed by atoms with E-state index in [-0.39, 0.29) is 42.5 Å². The second kappa shape index (κ2) is 12.9. The largest absolute Gasteiger partial charge is 0.351 e. The fourth-order valence-electron chi connectivity index (χ4n) is 2.80. The maximum atomic E-state index is 12.1. The third kappa shape index (κ3) is 7.50. The highest BCUT2D eigenvalue weighted by molar-refractivity contribution is 5.96. The first kappa shape index (κ1) is 24.7. The Bertz CT molecular complexity index is 545. The number of anilines is 1. The van der Waals surface area contributed by atoms with Crippen molar-refractivity contribution in [3.63, 3.8) is 0 Å². The number of halogens is 2. The van der Waals surface area contributed by atoms with E-state index in [2.05, 4.69) is 34.7 Å². The van der Waals surface area contributed by atoms with Crippen molar-refractivity contribution in [1.29, 1.82) is 0 Å². The SMILES string of the molecule is CCN(CC)CCNC(=O)c1ccc(NC(=O)C2CCNC2)cc1.Cl.Cl. The van der Waals surface area contributed by atoms with Crippen LogP contribution in [0.25, 0.3) is 0 Å². The van der Waals surface area contributed by atoms with Crippen LogP contribution in [-0.4, -0.2) is 56.0 Å². The smallest absolute Gasteiger partial charge is 0.251 e. The normalized spacial score (nSPS) is 15.7. The maximum Gasteiger partial charge on any atom is 0.251 e. The highest BCUT2D eigenvalue weighted by atomic mass is 35.5. The summed E-state index contributed by atoms with van der Waals surface area (Å²) in [6.45, 7) is 9.30. The molecule has 1 aromatic rings. The average Bonchev–Trinajstić information content (AvgIpc) is 3.14. The summed E-state index contributed by atoms with van der Waals surface area (Å²) in [7, 11) is 0. The molecule has 8 heteroatoms. The van der Waals surface area contributed by atoms with Gasteiger partial charge in [-0.25, -0.2) is 0 Å². The van der Waals surface area contributed by atoms with Crippen molar-refractivity contribution in [2.75, 3.05) is 44.6 Å². The van der Waals surface area contributed by atoms with Crippen molar-refractivity contribution in [3.05, 3.63) is 29.8 Å². The van der Waals surface area contributed by atoms with Crippen LogP contribution in [0.15, 0.2) is 24.3 Å². The molecule has 2 amide bonds. The summed E-state index contributed by atoms with van der Waals surface area (Å²) in [6.07, 6.45) is 0.874. The van der Waals surface area contributed by atoms with Crippen LogP contribution in [0.3, 0.4) is 0 Å². The molecular formula is C18H30Cl2N4O2. The summed E-state index contributed by atoms with van der Waals surface area (Å²) in [5, 5.41) is 9.01. The molecule has 0 aromatic heterocycles. The van der Waals surface area contributed by atoms with Crippen LogP contribution in [0.1, 0.15) is 30.6 Å². The molecule has 0 saturated carbocycles. The van der Waals surface area contributed by atoms with E-state index in [1.165, 1.54) is 0 Å². The maximum absolute atomic E-state index is 12.1. The molecule has 0 bridgehead atoms. The van der Waals surface area contributed by atoms with Gasteiger partial charge >= 0.3 is 0 Å². The second-order valence-corrected chi connectivity index (χ2v) is 6.04. The Labute approximate surface area is 168 Å². The van der Waals surface area contributed by atoms with Gasteiger partial charge in [-0.15, -0.1) is 24.8 Å². The fraction of sp³-hybridized carbons (Fsp3) is 0.556. The molecule has 2 rings (SSSR count). The van der Waals surface area contributed by atoms with Crippen LogP contribution in [0.2, 0.25) is 0 Å². The number of hydrogen-bond donors (Lipinski definition) is 3. The van der Waals surface area contributed by atoms with E-state index in [1.807, 2.05) is 0 Å². The number of carbonyl (C=O) groups is 2. The van der Waals surface area contributed by atoms with Crippen molar-refractivity contribution in [2.24, 2.45) is 5.92 Å². The molecule has 1 unspecified atom stereocenters. The summed E-state index contributed by atoms with van der Waals surface area (Å²) in [6, 6.07) is 7.05. The molecule has 148 valence electrons. The predicted octanol–water partition coefficient (Wildman–Crippen LogP) is 2.15. The first-order valence-corrected chi connectivity index (χ1v) is 8.76. The van der Waals surface area contributed by atoms with Crippen LogP contribution >= 0.6 is 24.8 Å². The zero-order chi connectivity index (χ0) is 17.4. The number of rotatable bonds is 8. The Morgan fingerprint density at radius 2 is 1.81 bits per heavy atom. The van der Waals surface area contributed by atoms with E-state index in [4.69, 9.17) is 0 Å². The number of likely N-dealkylation sites (N-methyl/N-ethyl adjacent to an activating group) is 1. The van der Waals surface area contributed by atoms with Gasteiger partial charge in [0.1, 0.15) is 0 Å². The second-order valence-electron chi connectivity index (χ2n) is 6.04.